The first kappa shape index (κ1) is 23.1. The molecule has 0 amide bonds. The van der Waals surface area contributed by atoms with E-state index >= 15 is 0 Å². The lowest BCUT2D eigenvalue weighted by Crippen LogP contribution is -2.24. The molecule has 3 rings (SSSR count). The molecule has 0 aliphatic rings. The predicted molar refractivity (Wildman–Crippen MR) is 116 cm³/mol. The van der Waals surface area contributed by atoms with Crippen molar-refractivity contribution in [3.63, 3.8) is 0 Å². The van der Waals surface area contributed by atoms with Crippen molar-refractivity contribution in [2.24, 2.45) is 0 Å². The first-order valence-electron chi connectivity index (χ1n) is 9.49. The first-order chi connectivity index (χ1) is 14.5. The number of aliphatic hydroxyl groups is 2. The Kier molecular flexibility index (Phi) is 6.64. The standard InChI is InChI=1S/C23H22BrF2NO4/c1-13-8-20(31-12-15-4-6-16(25)9-19(15)26)21(24)22(29)27(13)17-7-5-14(11-28)18(10-17)23(2,3)30/h4-10,28,30H,11-12H2,1-3H3. The van der Waals surface area contributed by atoms with E-state index in [0.717, 1.165) is 12.1 Å². The minimum atomic E-state index is -1.22. The molecule has 0 radical (unpaired) electrons. The van der Waals surface area contributed by atoms with Crippen LogP contribution >= 0.6 is 15.9 Å². The molecule has 0 saturated heterocycles. The number of pyridine rings is 1. The van der Waals surface area contributed by atoms with E-state index in [1.165, 1.54) is 10.6 Å². The van der Waals surface area contributed by atoms with E-state index in [1.807, 2.05) is 0 Å². The van der Waals surface area contributed by atoms with Gasteiger partial charge in [-0.25, -0.2) is 8.78 Å². The Labute approximate surface area is 186 Å². The quantitative estimate of drug-likeness (QED) is 0.530. The lowest BCUT2D eigenvalue weighted by molar-refractivity contribution is 0.0759. The van der Waals surface area contributed by atoms with Crippen molar-refractivity contribution in [3.8, 4) is 11.4 Å². The third-order valence-corrected chi connectivity index (χ3v) is 5.61. The SMILES string of the molecule is Cc1cc(OCc2ccc(F)cc2F)c(Br)c(=O)n1-c1ccc(CO)c(C(C)(C)O)c1. The number of nitrogens with zero attached hydrogens (tertiary/aromatic N) is 1. The number of benzene rings is 2. The normalized spacial score (nSPS) is 11.6. The highest BCUT2D eigenvalue weighted by atomic mass is 79.9. The molecule has 0 bridgehead atoms. The maximum Gasteiger partial charge on any atom is 0.273 e. The number of rotatable bonds is 6. The maximum absolute atomic E-state index is 13.9. The molecular formula is C23H22BrF2NO4. The number of aliphatic hydroxyl groups excluding tert-OH is 1. The number of aromatic nitrogens is 1. The zero-order valence-corrected chi connectivity index (χ0v) is 18.8. The fourth-order valence-corrected chi connectivity index (χ4v) is 3.72. The zero-order valence-electron chi connectivity index (χ0n) is 17.2. The van der Waals surface area contributed by atoms with E-state index in [9.17, 15) is 23.8 Å². The lowest BCUT2D eigenvalue weighted by atomic mass is 9.93. The number of hydrogen-bond acceptors (Lipinski definition) is 4. The molecule has 0 aliphatic carbocycles. The molecular weight excluding hydrogens is 472 g/mol. The molecule has 1 heterocycles. The van der Waals surface area contributed by atoms with Crippen LogP contribution in [0.25, 0.3) is 5.69 Å². The molecule has 1 aromatic heterocycles. The van der Waals surface area contributed by atoms with Gasteiger partial charge in [-0.3, -0.25) is 9.36 Å². The Hall–Kier alpha value is -2.55. The van der Waals surface area contributed by atoms with Crippen LogP contribution in [0.1, 0.15) is 36.2 Å². The summed E-state index contributed by atoms with van der Waals surface area (Å²) in [6.07, 6.45) is 0. The second-order valence-corrected chi connectivity index (χ2v) is 8.48. The molecule has 164 valence electrons. The molecule has 3 aromatic rings. The van der Waals surface area contributed by atoms with Gasteiger partial charge in [0.2, 0.25) is 0 Å². The van der Waals surface area contributed by atoms with E-state index in [2.05, 4.69) is 15.9 Å². The minimum absolute atomic E-state index is 0.136. The smallest absolute Gasteiger partial charge is 0.273 e. The summed E-state index contributed by atoms with van der Waals surface area (Å²) in [5.41, 5.74) is 0.641. The summed E-state index contributed by atoms with van der Waals surface area (Å²) >= 11 is 3.25. The van der Waals surface area contributed by atoms with Crippen LogP contribution in [0.15, 0.2) is 51.7 Å². The molecule has 0 saturated carbocycles. The second kappa shape index (κ2) is 8.90. The van der Waals surface area contributed by atoms with Crippen LogP contribution in [0.4, 0.5) is 8.78 Å². The Morgan fingerprint density at radius 2 is 1.77 bits per heavy atom. The summed E-state index contributed by atoms with van der Waals surface area (Å²) in [6, 6.07) is 9.80. The maximum atomic E-state index is 13.9. The highest BCUT2D eigenvalue weighted by Gasteiger charge is 2.22. The summed E-state index contributed by atoms with van der Waals surface area (Å²) in [5.74, 6) is -1.19. The van der Waals surface area contributed by atoms with E-state index in [0.29, 0.717) is 22.5 Å². The van der Waals surface area contributed by atoms with Crippen molar-refractivity contribution >= 4 is 15.9 Å². The predicted octanol–water partition coefficient (Wildman–Crippen LogP) is 4.49. The van der Waals surface area contributed by atoms with Gasteiger partial charge in [-0.2, -0.15) is 0 Å². The molecule has 0 aliphatic heterocycles. The summed E-state index contributed by atoms with van der Waals surface area (Å²) in [7, 11) is 0. The molecule has 2 aromatic carbocycles. The largest absolute Gasteiger partial charge is 0.487 e. The van der Waals surface area contributed by atoms with Crippen LogP contribution in [-0.2, 0) is 18.8 Å². The second-order valence-electron chi connectivity index (χ2n) is 7.69. The van der Waals surface area contributed by atoms with Crippen LogP contribution in [-0.4, -0.2) is 14.8 Å². The van der Waals surface area contributed by atoms with Crippen molar-refractivity contribution in [2.75, 3.05) is 0 Å². The van der Waals surface area contributed by atoms with Gasteiger partial charge in [0.15, 0.2) is 0 Å². The number of aryl methyl sites for hydroxylation is 1. The monoisotopic (exact) mass is 493 g/mol. The van der Waals surface area contributed by atoms with Crippen LogP contribution in [0.3, 0.4) is 0 Å². The Bertz CT molecular complexity index is 1190. The van der Waals surface area contributed by atoms with Gasteiger partial charge in [0, 0.05) is 29.1 Å². The number of ether oxygens (including phenoxy) is 1. The Morgan fingerprint density at radius 1 is 1.10 bits per heavy atom. The molecule has 31 heavy (non-hydrogen) atoms. The summed E-state index contributed by atoms with van der Waals surface area (Å²) < 4.78 is 34.1. The van der Waals surface area contributed by atoms with Crippen LogP contribution in [0, 0.1) is 18.6 Å². The first-order valence-corrected chi connectivity index (χ1v) is 10.3. The molecule has 0 fully saturated rings. The van der Waals surface area contributed by atoms with E-state index in [-0.39, 0.29) is 29.0 Å². The van der Waals surface area contributed by atoms with E-state index in [1.54, 1.807) is 45.0 Å². The minimum Gasteiger partial charge on any atom is -0.487 e. The van der Waals surface area contributed by atoms with Crippen molar-refractivity contribution in [1.82, 2.24) is 4.57 Å². The van der Waals surface area contributed by atoms with Gasteiger partial charge >= 0.3 is 0 Å². The van der Waals surface area contributed by atoms with Gasteiger partial charge < -0.3 is 14.9 Å². The van der Waals surface area contributed by atoms with Gasteiger partial charge in [0.1, 0.15) is 28.5 Å². The van der Waals surface area contributed by atoms with Gasteiger partial charge in [0.05, 0.1) is 12.2 Å². The molecule has 2 N–H and O–H groups in total. The highest BCUT2D eigenvalue weighted by Crippen LogP contribution is 2.29. The third kappa shape index (κ3) is 4.87. The molecule has 0 spiro atoms. The summed E-state index contributed by atoms with van der Waals surface area (Å²) in [4.78, 5) is 13.0. The van der Waals surface area contributed by atoms with Crippen molar-refractivity contribution in [3.05, 3.63) is 91.3 Å². The average Bonchev–Trinajstić information content (AvgIpc) is 2.70. The van der Waals surface area contributed by atoms with Crippen molar-refractivity contribution < 1.29 is 23.7 Å². The van der Waals surface area contributed by atoms with Gasteiger partial charge in [-0.1, -0.05) is 6.07 Å². The summed E-state index contributed by atoms with van der Waals surface area (Å²) in [5, 5.41) is 20.0. The molecule has 0 atom stereocenters. The lowest BCUT2D eigenvalue weighted by Gasteiger charge is -2.23. The van der Waals surface area contributed by atoms with Gasteiger partial charge in [-0.15, -0.1) is 0 Å². The van der Waals surface area contributed by atoms with Crippen LogP contribution < -0.4 is 10.3 Å². The Balaban J connectivity index is 2.00. The Morgan fingerprint density at radius 3 is 2.39 bits per heavy atom. The average molecular weight is 494 g/mol. The van der Waals surface area contributed by atoms with E-state index < -0.39 is 22.8 Å². The third-order valence-electron chi connectivity index (χ3n) is 4.88. The van der Waals surface area contributed by atoms with Crippen molar-refractivity contribution in [2.45, 2.75) is 39.6 Å². The van der Waals surface area contributed by atoms with Crippen LogP contribution in [0.2, 0.25) is 0 Å². The fraction of sp³-hybridized carbons (Fsp3) is 0.261. The van der Waals surface area contributed by atoms with Gasteiger partial charge in [0.25, 0.3) is 5.56 Å². The molecule has 0 unspecified atom stereocenters. The fourth-order valence-electron chi connectivity index (χ4n) is 3.31. The molecule has 8 heteroatoms. The van der Waals surface area contributed by atoms with Crippen LogP contribution in [0.5, 0.6) is 5.75 Å². The highest BCUT2D eigenvalue weighted by molar-refractivity contribution is 9.10. The topological polar surface area (TPSA) is 71.7 Å². The zero-order chi connectivity index (χ0) is 22.9. The van der Waals surface area contributed by atoms with E-state index in [4.69, 9.17) is 4.74 Å². The number of hydrogen-bond donors (Lipinski definition) is 2. The summed E-state index contributed by atoms with van der Waals surface area (Å²) in [6.45, 7) is 4.49. The number of halogens is 3. The van der Waals surface area contributed by atoms with Gasteiger partial charge in [-0.05, 0) is 72.1 Å². The van der Waals surface area contributed by atoms with Crippen molar-refractivity contribution in [1.29, 1.82) is 0 Å². The molecule has 5 nitrogen and oxygen atoms in total.